The Labute approximate surface area is 140 Å². The number of rotatable bonds is 4. The molecule has 2 N–H and O–H groups in total. The normalized spacial score (nSPS) is 21.2. The lowest BCUT2D eigenvalue weighted by atomic mass is 10.00. The second-order valence-electron chi connectivity index (χ2n) is 7.04. The Morgan fingerprint density at radius 3 is 2.75 bits per heavy atom. The predicted molar refractivity (Wildman–Crippen MR) is 87.5 cm³/mol. The third-order valence-corrected chi connectivity index (χ3v) is 4.53. The summed E-state index contributed by atoms with van der Waals surface area (Å²) in [6.45, 7) is 8.71. The van der Waals surface area contributed by atoms with Crippen LogP contribution in [0.2, 0.25) is 0 Å². The molecule has 24 heavy (non-hydrogen) atoms. The van der Waals surface area contributed by atoms with Gasteiger partial charge in [0.15, 0.2) is 0 Å². The summed E-state index contributed by atoms with van der Waals surface area (Å²) < 4.78 is 1.71. The molecule has 130 valence electrons. The third-order valence-electron chi connectivity index (χ3n) is 4.53. The zero-order chi connectivity index (χ0) is 17.5. The Bertz CT molecular complexity index is 735. The Morgan fingerprint density at radius 2 is 2.12 bits per heavy atom. The molecule has 0 spiro atoms. The van der Waals surface area contributed by atoms with Gasteiger partial charge in [-0.2, -0.15) is 5.10 Å². The molecule has 1 aliphatic rings. The summed E-state index contributed by atoms with van der Waals surface area (Å²) in [4.78, 5) is 14.4. The monoisotopic (exact) mass is 332 g/mol. The van der Waals surface area contributed by atoms with E-state index >= 15 is 0 Å². The van der Waals surface area contributed by atoms with Crippen molar-refractivity contribution in [3.63, 3.8) is 0 Å². The summed E-state index contributed by atoms with van der Waals surface area (Å²) in [7, 11) is 0. The van der Waals surface area contributed by atoms with Gasteiger partial charge in [0.2, 0.25) is 0 Å². The SMILES string of the molecule is CC(C)c1[nH]ncc1C(=O)N1CC[C@](O)(c2cn(C(C)C)nn2)C1. The fourth-order valence-electron chi connectivity index (χ4n) is 3.00. The van der Waals surface area contributed by atoms with Gasteiger partial charge in [0.05, 0.1) is 30.2 Å². The van der Waals surface area contributed by atoms with Gasteiger partial charge in [0.1, 0.15) is 11.3 Å². The van der Waals surface area contributed by atoms with Crippen LogP contribution in [0.1, 0.15) is 67.8 Å². The van der Waals surface area contributed by atoms with Crippen LogP contribution in [0.5, 0.6) is 0 Å². The number of amides is 1. The first kappa shape index (κ1) is 16.6. The summed E-state index contributed by atoms with van der Waals surface area (Å²) in [5.41, 5.74) is 0.758. The van der Waals surface area contributed by atoms with Gasteiger partial charge in [0.25, 0.3) is 5.91 Å². The number of nitrogens with zero attached hydrogens (tertiary/aromatic N) is 5. The van der Waals surface area contributed by atoms with Gasteiger partial charge in [-0.1, -0.05) is 19.1 Å². The summed E-state index contributed by atoms with van der Waals surface area (Å²) in [6, 6.07) is 0.175. The lowest BCUT2D eigenvalue weighted by Gasteiger charge is -2.21. The van der Waals surface area contributed by atoms with E-state index in [1.165, 1.54) is 0 Å². The van der Waals surface area contributed by atoms with Crippen molar-refractivity contribution < 1.29 is 9.90 Å². The Hall–Kier alpha value is -2.22. The Kier molecular flexibility index (Phi) is 4.16. The van der Waals surface area contributed by atoms with Gasteiger partial charge in [0, 0.05) is 19.0 Å². The average Bonchev–Trinajstić information content (AvgIpc) is 3.25. The van der Waals surface area contributed by atoms with E-state index in [0.29, 0.717) is 24.2 Å². The lowest BCUT2D eigenvalue weighted by Crippen LogP contribution is -2.35. The van der Waals surface area contributed by atoms with Crippen LogP contribution in [0.4, 0.5) is 0 Å². The van der Waals surface area contributed by atoms with Crippen LogP contribution in [0, 0.1) is 0 Å². The number of nitrogens with one attached hydrogen (secondary N) is 1. The molecule has 1 saturated heterocycles. The third kappa shape index (κ3) is 2.82. The van der Waals surface area contributed by atoms with Gasteiger partial charge in [-0.05, 0) is 19.8 Å². The van der Waals surface area contributed by atoms with Crippen molar-refractivity contribution in [1.82, 2.24) is 30.1 Å². The second kappa shape index (κ2) is 6.01. The predicted octanol–water partition coefficient (Wildman–Crippen LogP) is 1.44. The first-order valence-corrected chi connectivity index (χ1v) is 8.29. The molecule has 8 heteroatoms. The highest BCUT2D eigenvalue weighted by molar-refractivity contribution is 5.95. The van der Waals surface area contributed by atoms with Crippen molar-refractivity contribution in [2.24, 2.45) is 0 Å². The summed E-state index contributed by atoms with van der Waals surface area (Å²) in [5, 5.41) is 26.0. The van der Waals surface area contributed by atoms with E-state index in [1.807, 2.05) is 27.7 Å². The number of likely N-dealkylation sites (tertiary alicyclic amines) is 1. The van der Waals surface area contributed by atoms with E-state index in [9.17, 15) is 9.90 Å². The van der Waals surface area contributed by atoms with Gasteiger partial charge in [-0.25, -0.2) is 4.68 Å². The highest BCUT2D eigenvalue weighted by atomic mass is 16.3. The molecule has 0 radical (unpaired) electrons. The highest BCUT2D eigenvalue weighted by Crippen LogP contribution is 2.32. The van der Waals surface area contributed by atoms with Crippen LogP contribution in [0.25, 0.3) is 0 Å². The minimum absolute atomic E-state index is 0.111. The van der Waals surface area contributed by atoms with E-state index in [4.69, 9.17) is 0 Å². The van der Waals surface area contributed by atoms with Gasteiger partial charge >= 0.3 is 0 Å². The largest absolute Gasteiger partial charge is 0.381 e. The van der Waals surface area contributed by atoms with Crippen molar-refractivity contribution in [1.29, 1.82) is 0 Å². The quantitative estimate of drug-likeness (QED) is 0.882. The second-order valence-corrected chi connectivity index (χ2v) is 7.04. The van der Waals surface area contributed by atoms with Crippen molar-refractivity contribution in [3.8, 4) is 0 Å². The van der Waals surface area contributed by atoms with E-state index in [0.717, 1.165) is 5.69 Å². The number of β-amino-alcohol motifs (C(OH)–C–C–N with tert-alkyl or cyclic N) is 1. The minimum atomic E-state index is -1.15. The molecule has 8 nitrogen and oxygen atoms in total. The summed E-state index contributed by atoms with van der Waals surface area (Å²) in [5.74, 6) is 0.0681. The van der Waals surface area contributed by atoms with Crippen molar-refractivity contribution in [2.75, 3.05) is 13.1 Å². The van der Waals surface area contributed by atoms with Crippen LogP contribution in [0.3, 0.4) is 0 Å². The molecule has 1 fully saturated rings. The number of hydrogen-bond donors (Lipinski definition) is 2. The maximum absolute atomic E-state index is 12.8. The smallest absolute Gasteiger partial charge is 0.257 e. The highest BCUT2D eigenvalue weighted by Gasteiger charge is 2.42. The fourth-order valence-corrected chi connectivity index (χ4v) is 3.00. The maximum atomic E-state index is 12.8. The molecule has 1 amide bonds. The molecule has 0 aliphatic carbocycles. The average molecular weight is 332 g/mol. The molecule has 3 heterocycles. The molecule has 0 unspecified atom stereocenters. The van der Waals surface area contributed by atoms with Gasteiger partial charge in [-0.15, -0.1) is 5.10 Å². The number of aliphatic hydroxyl groups is 1. The van der Waals surface area contributed by atoms with Crippen molar-refractivity contribution >= 4 is 5.91 Å². The number of carbonyl (C=O) groups is 1. The number of aromatic nitrogens is 5. The first-order valence-electron chi connectivity index (χ1n) is 8.29. The molecule has 0 aromatic carbocycles. The molecule has 0 bridgehead atoms. The minimum Gasteiger partial charge on any atom is -0.381 e. The van der Waals surface area contributed by atoms with Gasteiger partial charge in [-0.3, -0.25) is 9.89 Å². The summed E-state index contributed by atoms with van der Waals surface area (Å²) in [6.07, 6.45) is 3.77. The Balaban J connectivity index is 1.78. The number of carbonyl (C=O) groups excluding carboxylic acids is 1. The Morgan fingerprint density at radius 1 is 1.38 bits per heavy atom. The number of aromatic amines is 1. The topological polar surface area (TPSA) is 99.9 Å². The zero-order valence-electron chi connectivity index (χ0n) is 14.5. The number of H-pyrrole nitrogens is 1. The molecular weight excluding hydrogens is 308 g/mol. The maximum Gasteiger partial charge on any atom is 0.257 e. The first-order chi connectivity index (χ1) is 11.3. The van der Waals surface area contributed by atoms with Crippen molar-refractivity contribution in [2.45, 2.75) is 51.7 Å². The summed E-state index contributed by atoms with van der Waals surface area (Å²) >= 11 is 0. The lowest BCUT2D eigenvalue weighted by molar-refractivity contribution is 0.0381. The molecule has 1 aliphatic heterocycles. The standard InChI is InChI=1S/C16H24N6O2/c1-10(2)14-12(7-17-19-14)15(23)21-6-5-16(24,9-21)13-8-22(11(3)4)20-18-13/h7-8,10-11,24H,5-6,9H2,1-4H3,(H,17,19)/t16-/m1/s1. The van der Waals surface area contributed by atoms with Crippen LogP contribution < -0.4 is 0 Å². The molecule has 2 aromatic rings. The van der Waals surface area contributed by atoms with E-state index in [-0.39, 0.29) is 24.4 Å². The van der Waals surface area contributed by atoms with Crippen LogP contribution in [-0.4, -0.2) is 54.2 Å². The van der Waals surface area contributed by atoms with Gasteiger partial charge < -0.3 is 10.0 Å². The molecule has 1 atom stereocenters. The van der Waals surface area contributed by atoms with Crippen LogP contribution in [-0.2, 0) is 5.60 Å². The van der Waals surface area contributed by atoms with E-state index in [2.05, 4.69) is 20.5 Å². The van der Waals surface area contributed by atoms with Crippen molar-refractivity contribution in [3.05, 3.63) is 29.3 Å². The molecular formula is C16H24N6O2. The van der Waals surface area contributed by atoms with E-state index in [1.54, 1.807) is 22.0 Å². The zero-order valence-corrected chi connectivity index (χ0v) is 14.5. The fraction of sp³-hybridized carbons (Fsp3) is 0.625. The number of hydrogen-bond acceptors (Lipinski definition) is 5. The van der Waals surface area contributed by atoms with E-state index < -0.39 is 5.60 Å². The molecule has 0 saturated carbocycles. The molecule has 2 aromatic heterocycles. The molecule has 3 rings (SSSR count). The van der Waals surface area contributed by atoms with Crippen LogP contribution >= 0.6 is 0 Å². The van der Waals surface area contributed by atoms with Crippen LogP contribution in [0.15, 0.2) is 12.4 Å².